The van der Waals surface area contributed by atoms with Gasteiger partial charge in [0.2, 0.25) is 0 Å². The Morgan fingerprint density at radius 1 is 0.885 bits per heavy atom. The number of ether oxygens (including phenoxy) is 1. The third kappa shape index (κ3) is 5.15. The maximum absolute atomic E-state index is 14.2. The van der Waals surface area contributed by atoms with E-state index in [1.165, 1.54) is 6.07 Å². The van der Waals surface area contributed by atoms with E-state index in [9.17, 15) is 9.50 Å². The summed E-state index contributed by atoms with van der Waals surface area (Å²) in [7, 11) is 0. The predicted octanol–water partition coefficient (Wildman–Crippen LogP) is 4.23. The lowest BCUT2D eigenvalue weighted by molar-refractivity contribution is 0.173. The fourth-order valence-electron chi connectivity index (χ4n) is 2.64. The van der Waals surface area contributed by atoms with Crippen LogP contribution in [-0.4, -0.2) is 11.7 Å². The molecule has 0 radical (unpaired) electrons. The van der Waals surface area contributed by atoms with Gasteiger partial charge in [0.05, 0.1) is 6.10 Å². The van der Waals surface area contributed by atoms with E-state index in [0.29, 0.717) is 25.3 Å². The molecular formula is C22H22FNO2. The molecule has 0 fully saturated rings. The van der Waals surface area contributed by atoms with Crippen LogP contribution in [0.2, 0.25) is 0 Å². The second kappa shape index (κ2) is 9.13. The van der Waals surface area contributed by atoms with Crippen molar-refractivity contribution in [3.05, 3.63) is 101 Å². The van der Waals surface area contributed by atoms with Crippen LogP contribution >= 0.6 is 0 Å². The fourth-order valence-corrected chi connectivity index (χ4v) is 2.64. The Hall–Kier alpha value is -2.69. The van der Waals surface area contributed by atoms with Crippen LogP contribution in [0.5, 0.6) is 5.75 Å². The summed E-state index contributed by atoms with van der Waals surface area (Å²) >= 11 is 0. The molecule has 1 unspecified atom stereocenters. The molecule has 3 aromatic rings. The van der Waals surface area contributed by atoms with Gasteiger partial charge in [-0.1, -0.05) is 66.7 Å². The highest BCUT2D eigenvalue weighted by Crippen LogP contribution is 2.23. The molecule has 134 valence electrons. The topological polar surface area (TPSA) is 41.5 Å². The lowest BCUT2D eigenvalue weighted by Gasteiger charge is -2.14. The first-order valence-electron chi connectivity index (χ1n) is 8.61. The maximum Gasteiger partial charge on any atom is 0.165 e. The Bertz CT molecular complexity index is 809. The number of rotatable bonds is 8. The van der Waals surface area contributed by atoms with Gasteiger partial charge in [-0.15, -0.1) is 0 Å². The summed E-state index contributed by atoms with van der Waals surface area (Å²) < 4.78 is 19.8. The second-order valence-corrected chi connectivity index (χ2v) is 6.10. The average Bonchev–Trinajstić information content (AvgIpc) is 2.68. The first-order valence-corrected chi connectivity index (χ1v) is 8.61. The first-order chi connectivity index (χ1) is 12.7. The highest BCUT2D eigenvalue weighted by Gasteiger charge is 2.11. The van der Waals surface area contributed by atoms with Crippen LogP contribution in [0.25, 0.3) is 0 Å². The van der Waals surface area contributed by atoms with Crippen molar-refractivity contribution < 1.29 is 14.2 Å². The summed E-state index contributed by atoms with van der Waals surface area (Å²) in [4.78, 5) is 0. The molecule has 2 N–H and O–H groups in total. The average molecular weight is 351 g/mol. The molecule has 1 atom stereocenters. The number of aliphatic hydroxyl groups excluding tert-OH is 1. The summed E-state index contributed by atoms with van der Waals surface area (Å²) in [5.74, 6) is -0.289. The van der Waals surface area contributed by atoms with E-state index in [0.717, 1.165) is 11.1 Å². The molecule has 26 heavy (non-hydrogen) atoms. The standard InChI is InChI=1S/C22H22FNO2/c23-20-13-19(21(25)15-24-14-17-7-3-1-4-8-17)11-12-22(20)26-16-18-9-5-2-6-10-18/h1-13,21,24-25H,14-16H2. The molecule has 0 aliphatic rings. The monoisotopic (exact) mass is 351 g/mol. The molecule has 0 amide bonds. The van der Waals surface area contributed by atoms with Gasteiger partial charge in [0.15, 0.2) is 11.6 Å². The predicted molar refractivity (Wildman–Crippen MR) is 100 cm³/mol. The van der Waals surface area contributed by atoms with Gasteiger partial charge >= 0.3 is 0 Å². The molecule has 0 heterocycles. The van der Waals surface area contributed by atoms with E-state index < -0.39 is 11.9 Å². The summed E-state index contributed by atoms with van der Waals surface area (Å²) in [6.45, 7) is 1.30. The van der Waals surface area contributed by atoms with E-state index in [1.807, 2.05) is 60.7 Å². The van der Waals surface area contributed by atoms with Gasteiger partial charge in [-0.3, -0.25) is 0 Å². The normalized spacial score (nSPS) is 11.9. The number of hydrogen-bond acceptors (Lipinski definition) is 3. The highest BCUT2D eigenvalue weighted by molar-refractivity contribution is 5.31. The zero-order valence-electron chi connectivity index (χ0n) is 14.4. The van der Waals surface area contributed by atoms with Crippen molar-refractivity contribution in [1.82, 2.24) is 5.32 Å². The number of halogens is 1. The largest absolute Gasteiger partial charge is 0.486 e. The van der Waals surface area contributed by atoms with Gasteiger partial charge in [-0.2, -0.15) is 0 Å². The van der Waals surface area contributed by atoms with Crippen LogP contribution in [-0.2, 0) is 13.2 Å². The highest BCUT2D eigenvalue weighted by atomic mass is 19.1. The third-order valence-electron chi connectivity index (χ3n) is 4.09. The number of hydrogen-bond donors (Lipinski definition) is 2. The Balaban J connectivity index is 1.52. The van der Waals surface area contributed by atoms with E-state index in [4.69, 9.17) is 4.74 Å². The van der Waals surface area contributed by atoms with Gasteiger partial charge in [-0.25, -0.2) is 4.39 Å². The van der Waals surface area contributed by atoms with Crippen LogP contribution in [0.1, 0.15) is 22.8 Å². The third-order valence-corrected chi connectivity index (χ3v) is 4.09. The smallest absolute Gasteiger partial charge is 0.165 e. The number of benzene rings is 3. The Labute approximate surface area is 153 Å². The van der Waals surface area contributed by atoms with E-state index >= 15 is 0 Å². The SMILES string of the molecule is OC(CNCc1ccccc1)c1ccc(OCc2ccccc2)c(F)c1. The van der Waals surface area contributed by atoms with Crippen molar-refractivity contribution in [3.8, 4) is 5.75 Å². The van der Waals surface area contributed by atoms with Crippen molar-refractivity contribution in [2.45, 2.75) is 19.3 Å². The summed E-state index contributed by atoms with van der Waals surface area (Å²) in [5, 5.41) is 13.4. The zero-order chi connectivity index (χ0) is 18.2. The van der Waals surface area contributed by atoms with Crippen molar-refractivity contribution in [2.75, 3.05) is 6.54 Å². The van der Waals surface area contributed by atoms with Gasteiger partial charge in [0, 0.05) is 13.1 Å². The molecule has 4 heteroatoms. The summed E-state index contributed by atoms with van der Waals surface area (Å²) in [6, 6.07) is 24.1. The minimum absolute atomic E-state index is 0.182. The molecule has 0 saturated carbocycles. The van der Waals surface area contributed by atoms with Crippen LogP contribution in [0.3, 0.4) is 0 Å². The van der Waals surface area contributed by atoms with Crippen molar-refractivity contribution >= 4 is 0 Å². The maximum atomic E-state index is 14.2. The molecule has 3 nitrogen and oxygen atoms in total. The minimum atomic E-state index is -0.781. The van der Waals surface area contributed by atoms with E-state index in [2.05, 4.69) is 5.32 Å². The summed E-state index contributed by atoms with van der Waals surface area (Å²) in [6.07, 6.45) is -0.781. The molecular weight excluding hydrogens is 329 g/mol. The van der Waals surface area contributed by atoms with Gasteiger partial charge in [-0.05, 0) is 28.8 Å². The van der Waals surface area contributed by atoms with E-state index in [-0.39, 0.29) is 5.75 Å². The molecule has 0 bridgehead atoms. The summed E-state index contributed by atoms with van der Waals surface area (Å²) in [5.41, 5.74) is 2.63. The van der Waals surface area contributed by atoms with Gasteiger partial charge in [0.25, 0.3) is 0 Å². The number of aliphatic hydroxyl groups is 1. The quantitative estimate of drug-likeness (QED) is 0.638. The van der Waals surface area contributed by atoms with Crippen LogP contribution in [0.15, 0.2) is 78.9 Å². The van der Waals surface area contributed by atoms with Crippen LogP contribution in [0, 0.1) is 5.82 Å². The van der Waals surface area contributed by atoms with Crippen molar-refractivity contribution in [2.24, 2.45) is 0 Å². The second-order valence-electron chi connectivity index (χ2n) is 6.10. The number of nitrogens with one attached hydrogen (secondary N) is 1. The molecule has 0 aliphatic heterocycles. The van der Waals surface area contributed by atoms with E-state index in [1.54, 1.807) is 12.1 Å². The first kappa shape index (κ1) is 18.1. The molecule has 0 saturated heterocycles. The zero-order valence-corrected chi connectivity index (χ0v) is 14.4. The Morgan fingerprint density at radius 3 is 2.19 bits per heavy atom. The Morgan fingerprint density at radius 2 is 1.54 bits per heavy atom. The molecule has 0 aliphatic carbocycles. The lowest BCUT2D eigenvalue weighted by Crippen LogP contribution is -2.21. The Kier molecular flexibility index (Phi) is 6.36. The van der Waals surface area contributed by atoms with Crippen LogP contribution in [0.4, 0.5) is 4.39 Å². The lowest BCUT2D eigenvalue weighted by atomic mass is 10.1. The van der Waals surface area contributed by atoms with Crippen molar-refractivity contribution in [3.63, 3.8) is 0 Å². The molecule has 0 spiro atoms. The van der Waals surface area contributed by atoms with Gasteiger partial charge < -0.3 is 15.2 Å². The minimum Gasteiger partial charge on any atom is -0.486 e. The van der Waals surface area contributed by atoms with Crippen LogP contribution < -0.4 is 10.1 Å². The molecule has 3 aromatic carbocycles. The fraction of sp³-hybridized carbons (Fsp3) is 0.182. The van der Waals surface area contributed by atoms with Crippen molar-refractivity contribution in [1.29, 1.82) is 0 Å². The van der Waals surface area contributed by atoms with Gasteiger partial charge in [0.1, 0.15) is 6.61 Å². The molecule has 3 rings (SSSR count). The molecule has 0 aromatic heterocycles.